The van der Waals surface area contributed by atoms with Gasteiger partial charge < -0.3 is 0 Å². The van der Waals surface area contributed by atoms with Crippen LogP contribution in [0, 0.1) is 16.7 Å². The maximum atomic E-state index is 11.9. The number of carbonyl (C=O) groups excluding carboxylic acids is 1. The number of carbonyl (C=O) groups is 1. The summed E-state index contributed by atoms with van der Waals surface area (Å²) in [6, 6.07) is 6.73. The quantitative estimate of drug-likeness (QED) is 0.682. The Labute approximate surface area is 94.5 Å². The van der Waals surface area contributed by atoms with E-state index >= 15 is 0 Å². The number of halogens is 1. The first kappa shape index (κ1) is 11.7. The number of ketones is 1. The summed E-state index contributed by atoms with van der Waals surface area (Å²) in [6.45, 7) is 5.53. The van der Waals surface area contributed by atoms with Gasteiger partial charge in [-0.05, 0) is 18.2 Å². The van der Waals surface area contributed by atoms with Crippen LogP contribution in [-0.4, -0.2) is 5.78 Å². The van der Waals surface area contributed by atoms with E-state index in [1.165, 1.54) is 6.07 Å². The summed E-state index contributed by atoms with van der Waals surface area (Å²) < 4.78 is 0. The lowest BCUT2D eigenvalue weighted by molar-refractivity contribution is 0.0858. The number of nitriles is 1. The van der Waals surface area contributed by atoms with Crippen LogP contribution in [0.4, 0.5) is 0 Å². The first-order valence-corrected chi connectivity index (χ1v) is 4.98. The van der Waals surface area contributed by atoms with Crippen LogP contribution in [0.1, 0.15) is 36.7 Å². The number of rotatable bonds is 1. The molecule has 1 aromatic carbocycles. The summed E-state index contributed by atoms with van der Waals surface area (Å²) in [6.07, 6.45) is 0. The van der Waals surface area contributed by atoms with E-state index in [4.69, 9.17) is 16.9 Å². The molecule has 0 saturated heterocycles. The zero-order chi connectivity index (χ0) is 11.6. The summed E-state index contributed by atoms with van der Waals surface area (Å²) in [4.78, 5) is 11.9. The van der Waals surface area contributed by atoms with Crippen molar-refractivity contribution in [2.75, 3.05) is 0 Å². The molecule has 0 aliphatic rings. The van der Waals surface area contributed by atoms with Gasteiger partial charge in [-0.15, -0.1) is 0 Å². The van der Waals surface area contributed by atoms with Gasteiger partial charge in [-0.1, -0.05) is 32.4 Å². The van der Waals surface area contributed by atoms with Crippen molar-refractivity contribution in [3.8, 4) is 6.07 Å². The number of nitrogens with zero attached hydrogens (tertiary/aromatic N) is 1. The molecule has 0 aliphatic carbocycles. The van der Waals surface area contributed by atoms with Crippen molar-refractivity contribution in [2.45, 2.75) is 20.8 Å². The summed E-state index contributed by atoms with van der Waals surface area (Å²) in [7, 11) is 0. The molecule has 0 atom stereocenters. The van der Waals surface area contributed by atoms with Crippen LogP contribution in [-0.2, 0) is 0 Å². The van der Waals surface area contributed by atoms with Crippen molar-refractivity contribution in [1.29, 1.82) is 5.26 Å². The minimum atomic E-state index is -0.444. The minimum absolute atomic E-state index is 0.00988. The number of hydrogen-bond donors (Lipinski definition) is 0. The predicted octanol–water partition coefficient (Wildman–Crippen LogP) is 3.44. The Kier molecular flexibility index (Phi) is 3.16. The molecule has 0 aromatic heterocycles. The van der Waals surface area contributed by atoms with Crippen molar-refractivity contribution >= 4 is 17.4 Å². The Morgan fingerprint density at radius 1 is 1.40 bits per heavy atom. The molecular formula is C12H12ClNO. The molecule has 0 N–H and O–H groups in total. The normalized spacial score (nSPS) is 10.9. The van der Waals surface area contributed by atoms with Gasteiger partial charge >= 0.3 is 0 Å². The molecular weight excluding hydrogens is 210 g/mol. The van der Waals surface area contributed by atoms with Gasteiger partial charge in [-0.2, -0.15) is 5.26 Å². The molecule has 0 aliphatic heterocycles. The van der Waals surface area contributed by atoms with Crippen molar-refractivity contribution < 1.29 is 4.79 Å². The van der Waals surface area contributed by atoms with Crippen molar-refractivity contribution in [2.24, 2.45) is 5.41 Å². The molecule has 0 heterocycles. The lowest BCUT2D eigenvalue weighted by Crippen LogP contribution is -2.20. The number of Topliss-reactive ketones (excluding diaryl/α,β-unsaturated/α-hetero) is 1. The van der Waals surface area contributed by atoms with Gasteiger partial charge in [-0.25, -0.2) is 0 Å². The first-order chi connectivity index (χ1) is 6.86. The van der Waals surface area contributed by atoms with Crippen LogP contribution in [0.15, 0.2) is 18.2 Å². The zero-order valence-corrected chi connectivity index (χ0v) is 9.72. The topological polar surface area (TPSA) is 40.9 Å². The van der Waals surface area contributed by atoms with E-state index in [0.29, 0.717) is 16.1 Å². The van der Waals surface area contributed by atoms with Crippen molar-refractivity contribution in [3.63, 3.8) is 0 Å². The summed E-state index contributed by atoms with van der Waals surface area (Å²) in [5, 5.41) is 9.16. The molecule has 0 bridgehead atoms. The van der Waals surface area contributed by atoms with Crippen LogP contribution in [0.2, 0.25) is 5.02 Å². The lowest BCUT2D eigenvalue weighted by Gasteiger charge is -2.16. The van der Waals surface area contributed by atoms with Gasteiger partial charge in [-0.3, -0.25) is 4.79 Å². The van der Waals surface area contributed by atoms with Crippen LogP contribution in [0.25, 0.3) is 0 Å². The Balaban J connectivity index is 3.20. The van der Waals surface area contributed by atoms with Gasteiger partial charge in [0.25, 0.3) is 0 Å². The van der Waals surface area contributed by atoms with E-state index in [1.54, 1.807) is 12.1 Å². The summed E-state index contributed by atoms with van der Waals surface area (Å²) in [5.41, 5.74) is 0.427. The summed E-state index contributed by atoms with van der Waals surface area (Å²) in [5.74, 6) is 0.00988. The molecule has 15 heavy (non-hydrogen) atoms. The number of hydrogen-bond acceptors (Lipinski definition) is 2. The Morgan fingerprint density at radius 2 is 2.00 bits per heavy atom. The molecule has 0 saturated carbocycles. The van der Waals surface area contributed by atoms with Gasteiger partial charge in [0.05, 0.1) is 10.6 Å². The molecule has 0 amide bonds. The molecule has 0 unspecified atom stereocenters. The second kappa shape index (κ2) is 4.04. The molecule has 2 nitrogen and oxygen atoms in total. The molecule has 0 spiro atoms. The maximum absolute atomic E-state index is 11.9. The highest BCUT2D eigenvalue weighted by molar-refractivity contribution is 6.31. The molecule has 1 aromatic rings. The van der Waals surface area contributed by atoms with Crippen LogP contribution in [0.3, 0.4) is 0 Å². The fourth-order valence-corrected chi connectivity index (χ4v) is 1.35. The fourth-order valence-electron chi connectivity index (χ4n) is 1.19. The maximum Gasteiger partial charge on any atom is 0.168 e. The summed E-state index contributed by atoms with van der Waals surface area (Å²) >= 11 is 5.78. The van der Waals surface area contributed by atoms with Gasteiger partial charge in [0.2, 0.25) is 0 Å². The first-order valence-electron chi connectivity index (χ1n) is 4.60. The Morgan fingerprint density at radius 3 is 2.47 bits per heavy atom. The van der Waals surface area contributed by atoms with Crippen LogP contribution >= 0.6 is 11.6 Å². The Bertz CT molecular complexity index is 438. The van der Waals surface area contributed by atoms with Crippen molar-refractivity contribution in [1.82, 2.24) is 0 Å². The van der Waals surface area contributed by atoms with Crippen molar-refractivity contribution in [3.05, 3.63) is 34.3 Å². The third-order valence-electron chi connectivity index (χ3n) is 2.03. The SMILES string of the molecule is CC(C)(C)C(=O)c1ccc(Cl)c(C#N)c1. The Hall–Kier alpha value is -1.33. The van der Waals surface area contributed by atoms with Crippen LogP contribution in [0.5, 0.6) is 0 Å². The molecule has 0 radical (unpaired) electrons. The predicted molar refractivity (Wildman–Crippen MR) is 60.0 cm³/mol. The third kappa shape index (κ3) is 2.57. The monoisotopic (exact) mass is 221 g/mol. The standard InChI is InChI=1S/C12H12ClNO/c1-12(2,3)11(15)8-4-5-10(13)9(6-8)7-14/h4-6H,1-3H3. The smallest absolute Gasteiger partial charge is 0.168 e. The second-order valence-corrected chi connectivity index (χ2v) is 4.79. The number of benzene rings is 1. The van der Waals surface area contributed by atoms with Crippen LogP contribution < -0.4 is 0 Å². The highest BCUT2D eigenvalue weighted by Gasteiger charge is 2.23. The highest BCUT2D eigenvalue weighted by atomic mass is 35.5. The van der Waals surface area contributed by atoms with E-state index in [-0.39, 0.29) is 5.78 Å². The molecule has 1 rings (SSSR count). The highest BCUT2D eigenvalue weighted by Crippen LogP contribution is 2.23. The van der Waals surface area contributed by atoms with E-state index in [1.807, 2.05) is 26.8 Å². The van der Waals surface area contributed by atoms with Gasteiger partial charge in [0.15, 0.2) is 5.78 Å². The average Bonchev–Trinajstić information content (AvgIpc) is 2.16. The van der Waals surface area contributed by atoms with Gasteiger partial charge in [0.1, 0.15) is 6.07 Å². The third-order valence-corrected chi connectivity index (χ3v) is 2.36. The largest absolute Gasteiger partial charge is 0.294 e. The zero-order valence-electron chi connectivity index (χ0n) is 8.97. The van der Waals surface area contributed by atoms with E-state index < -0.39 is 5.41 Å². The average molecular weight is 222 g/mol. The second-order valence-electron chi connectivity index (χ2n) is 4.39. The van der Waals surface area contributed by atoms with Gasteiger partial charge in [0, 0.05) is 11.0 Å². The molecule has 3 heteroatoms. The minimum Gasteiger partial charge on any atom is -0.294 e. The fraction of sp³-hybridized carbons (Fsp3) is 0.333. The molecule has 0 fully saturated rings. The van der Waals surface area contributed by atoms with E-state index in [2.05, 4.69) is 0 Å². The van der Waals surface area contributed by atoms with E-state index in [9.17, 15) is 4.79 Å². The van der Waals surface area contributed by atoms with E-state index in [0.717, 1.165) is 0 Å². The molecule has 78 valence electrons. The lowest BCUT2D eigenvalue weighted by atomic mass is 9.86.